The Bertz CT molecular complexity index is 648. The zero-order chi connectivity index (χ0) is 17.5. The van der Waals surface area contributed by atoms with Crippen molar-refractivity contribution < 1.29 is 9.84 Å². The minimum atomic E-state index is -0.182. The van der Waals surface area contributed by atoms with Crippen LogP contribution in [0, 0.1) is 9.49 Å². The molecule has 0 radical (unpaired) electrons. The summed E-state index contributed by atoms with van der Waals surface area (Å²) >= 11 is 2.31. The summed E-state index contributed by atoms with van der Waals surface area (Å²) in [6.45, 7) is 10.8. The van der Waals surface area contributed by atoms with E-state index in [-0.39, 0.29) is 5.60 Å². The maximum absolute atomic E-state index is 11.0. The molecule has 1 fully saturated rings. The molecule has 2 nitrogen and oxygen atoms in total. The Labute approximate surface area is 159 Å². The van der Waals surface area contributed by atoms with Gasteiger partial charge in [-0.15, -0.1) is 0 Å². The van der Waals surface area contributed by atoms with E-state index in [1.807, 2.05) is 0 Å². The number of phenolic OH excluding ortho intramolecular Hbond substituents is 1. The first-order chi connectivity index (χ1) is 11.3. The Morgan fingerprint density at radius 1 is 1.38 bits per heavy atom. The topological polar surface area (TPSA) is 29.5 Å². The van der Waals surface area contributed by atoms with Gasteiger partial charge in [-0.3, -0.25) is 0 Å². The standard InChI is InChI=1S/C21H29IO2/c1-5-6-7-8-14-12-17-18(20(23)19(14)22)15-11-13(2)9-10-16(15)21(3,4)24-17/h12,15-16,23H,2,5-11H2,1,3-4H3/t15-,16-/m1/s1. The van der Waals surface area contributed by atoms with Crippen LogP contribution in [0.5, 0.6) is 11.5 Å². The molecule has 0 bridgehead atoms. The van der Waals surface area contributed by atoms with Gasteiger partial charge in [-0.2, -0.15) is 0 Å². The van der Waals surface area contributed by atoms with Gasteiger partial charge >= 0.3 is 0 Å². The highest BCUT2D eigenvalue weighted by Crippen LogP contribution is 2.56. The first-order valence-electron chi connectivity index (χ1n) is 9.25. The van der Waals surface area contributed by atoms with Crippen LogP contribution in [0.1, 0.15) is 76.3 Å². The van der Waals surface area contributed by atoms with Crippen molar-refractivity contribution in [1.29, 1.82) is 0 Å². The molecule has 2 atom stereocenters. The summed E-state index contributed by atoms with van der Waals surface area (Å²) in [5, 5.41) is 11.0. The molecular weight excluding hydrogens is 411 g/mol. The average molecular weight is 440 g/mol. The average Bonchev–Trinajstić information content (AvgIpc) is 2.51. The van der Waals surface area contributed by atoms with E-state index in [1.165, 1.54) is 24.0 Å². The van der Waals surface area contributed by atoms with Crippen LogP contribution < -0.4 is 4.74 Å². The number of benzene rings is 1. The molecule has 1 saturated carbocycles. The lowest BCUT2D eigenvalue weighted by molar-refractivity contribution is -0.000926. The zero-order valence-electron chi connectivity index (χ0n) is 15.1. The van der Waals surface area contributed by atoms with Gasteiger partial charge in [-0.1, -0.05) is 31.9 Å². The van der Waals surface area contributed by atoms with Gasteiger partial charge < -0.3 is 9.84 Å². The van der Waals surface area contributed by atoms with Crippen LogP contribution in [0.15, 0.2) is 18.2 Å². The SMILES string of the molecule is C=C1CC[C@@H]2[C@@H](C1)c1c(cc(CCCCC)c(I)c1O)OC2(C)C. The predicted octanol–water partition coefficient (Wildman–Crippen LogP) is 6.34. The highest BCUT2D eigenvalue weighted by Gasteiger charge is 2.46. The van der Waals surface area contributed by atoms with Crippen LogP contribution in [0.2, 0.25) is 0 Å². The van der Waals surface area contributed by atoms with Crippen LogP contribution in [0.4, 0.5) is 0 Å². The lowest BCUT2D eigenvalue weighted by Crippen LogP contribution is -2.46. The monoisotopic (exact) mass is 440 g/mol. The number of halogens is 1. The van der Waals surface area contributed by atoms with Crippen LogP contribution >= 0.6 is 22.6 Å². The number of aromatic hydroxyl groups is 1. The summed E-state index contributed by atoms with van der Waals surface area (Å²) in [6.07, 6.45) is 7.77. The summed E-state index contributed by atoms with van der Waals surface area (Å²) in [4.78, 5) is 0. The summed E-state index contributed by atoms with van der Waals surface area (Å²) in [5.74, 6) is 2.14. The van der Waals surface area contributed by atoms with E-state index in [0.717, 1.165) is 47.0 Å². The highest BCUT2D eigenvalue weighted by atomic mass is 127. The van der Waals surface area contributed by atoms with E-state index in [2.05, 4.69) is 56.0 Å². The van der Waals surface area contributed by atoms with Gasteiger partial charge in [0.1, 0.15) is 17.1 Å². The van der Waals surface area contributed by atoms with Gasteiger partial charge in [-0.05, 0) is 80.2 Å². The van der Waals surface area contributed by atoms with Crippen LogP contribution in [-0.4, -0.2) is 10.7 Å². The third-order valence-corrected chi connectivity index (χ3v) is 7.01. The minimum Gasteiger partial charge on any atom is -0.506 e. The van der Waals surface area contributed by atoms with Gasteiger partial charge in [0.05, 0.1) is 3.57 Å². The molecule has 1 aliphatic heterocycles. The van der Waals surface area contributed by atoms with E-state index >= 15 is 0 Å². The number of fused-ring (bicyclic) bond motifs is 3. The van der Waals surface area contributed by atoms with Crippen molar-refractivity contribution in [2.45, 2.75) is 77.2 Å². The zero-order valence-corrected chi connectivity index (χ0v) is 17.3. The van der Waals surface area contributed by atoms with E-state index in [4.69, 9.17) is 4.74 Å². The Morgan fingerprint density at radius 2 is 2.12 bits per heavy atom. The molecule has 3 rings (SSSR count). The fourth-order valence-corrected chi connectivity index (χ4v) is 5.20. The third kappa shape index (κ3) is 3.21. The van der Waals surface area contributed by atoms with Gasteiger partial charge in [-0.25, -0.2) is 0 Å². The van der Waals surface area contributed by atoms with Crippen molar-refractivity contribution in [3.63, 3.8) is 0 Å². The van der Waals surface area contributed by atoms with Crippen molar-refractivity contribution in [1.82, 2.24) is 0 Å². The van der Waals surface area contributed by atoms with Crippen LogP contribution in [0.3, 0.4) is 0 Å². The normalized spacial score (nSPS) is 24.9. The lowest BCUT2D eigenvalue weighted by Gasteiger charge is -2.48. The summed E-state index contributed by atoms with van der Waals surface area (Å²) in [6, 6.07) is 2.20. The molecule has 2 aliphatic rings. The molecular formula is C21H29IO2. The van der Waals surface area contributed by atoms with E-state index < -0.39 is 0 Å². The minimum absolute atomic E-state index is 0.182. The van der Waals surface area contributed by atoms with Crippen molar-refractivity contribution in [2.75, 3.05) is 0 Å². The van der Waals surface area contributed by atoms with Crippen molar-refractivity contribution in [2.24, 2.45) is 5.92 Å². The van der Waals surface area contributed by atoms with Crippen LogP contribution in [0.25, 0.3) is 0 Å². The van der Waals surface area contributed by atoms with Gasteiger partial charge in [0.15, 0.2) is 0 Å². The number of phenols is 1. The molecule has 1 aliphatic carbocycles. The summed E-state index contributed by atoms with van der Waals surface area (Å²) in [7, 11) is 0. The molecule has 132 valence electrons. The molecule has 24 heavy (non-hydrogen) atoms. The number of unbranched alkanes of at least 4 members (excludes halogenated alkanes) is 2. The Morgan fingerprint density at radius 3 is 2.83 bits per heavy atom. The van der Waals surface area contributed by atoms with Crippen LogP contribution in [-0.2, 0) is 6.42 Å². The molecule has 0 saturated heterocycles. The van der Waals surface area contributed by atoms with Crippen molar-refractivity contribution >= 4 is 22.6 Å². The molecule has 1 heterocycles. The molecule has 0 amide bonds. The summed E-state index contributed by atoms with van der Waals surface area (Å²) < 4.78 is 7.43. The Kier molecular flexibility index (Phi) is 5.19. The Hall–Kier alpha value is -0.710. The van der Waals surface area contributed by atoms with E-state index in [0.29, 0.717) is 17.6 Å². The quantitative estimate of drug-likeness (QED) is 0.336. The maximum Gasteiger partial charge on any atom is 0.136 e. The fraction of sp³-hybridized carbons (Fsp3) is 0.619. The first-order valence-corrected chi connectivity index (χ1v) is 10.3. The number of ether oxygens (including phenoxy) is 1. The Balaban J connectivity index is 2.03. The summed E-state index contributed by atoms with van der Waals surface area (Å²) in [5.41, 5.74) is 3.38. The van der Waals surface area contributed by atoms with E-state index in [9.17, 15) is 5.11 Å². The molecule has 0 aromatic heterocycles. The number of hydrogen-bond acceptors (Lipinski definition) is 2. The van der Waals surface area contributed by atoms with Crippen molar-refractivity contribution in [3.05, 3.63) is 32.9 Å². The smallest absolute Gasteiger partial charge is 0.136 e. The molecule has 0 spiro atoms. The maximum atomic E-state index is 11.0. The predicted molar refractivity (Wildman–Crippen MR) is 108 cm³/mol. The van der Waals surface area contributed by atoms with Gasteiger partial charge in [0.2, 0.25) is 0 Å². The van der Waals surface area contributed by atoms with Gasteiger partial charge in [0, 0.05) is 17.4 Å². The largest absolute Gasteiger partial charge is 0.506 e. The molecule has 1 aromatic rings. The molecule has 0 unspecified atom stereocenters. The second kappa shape index (κ2) is 6.89. The number of aryl methyl sites for hydroxylation is 1. The first kappa shape index (κ1) is 18.1. The number of hydrogen-bond donors (Lipinski definition) is 1. The molecule has 1 aromatic carbocycles. The second-order valence-electron chi connectivity index (χ2n) is 7.98. The second-order valence-corrected chi connectivity index (χ2v) is 9.06. The highest BCUT2D eigenvalue weighted by molar-refractivity contribution is 14.1. The fourth-order valence-electron chi connectivity index (χ4n) is 4.49. The molecule has 3 heteroatoms. The lowest BCUT2D eigenvalue weighted by atomic mass is 9.65. The molecule has 1 N–H and O–H groups in total. The van der Waals surface area contributed by atoms with Gasteiger partial charge in [0.25, 0.3) is 0 Å². The van der Waals surface area contributed by atoms with Crippen molar-refractivity contribution in [3.8, 4) is 11.5 Å². The number of rotatable bonds is 4. The van der Waals surface area contributed by atoms with E-state index in [1.54, 1.807) is 0 Å². The third-order valence-electron chi connectivity index (χ3n) is 5.81. The number of allylic oxidation sites excluding steroid dienone is 1.